The summed E-state index contributed by atoms with van der Waals surface area (Å²) >= 11 is 0. The molecule has 0 saturated heterocycles. The third-order valence-electron chi connectivity index (χ3n) is 4.25. The molecular formula is C20H21NO4. The number of esters is 1. The molecule has 130 valence electrons. The van der Waals surface area contributed by atoms with Crippen molar-refractivity contribution in [3.05, 3.63) is 59.7 Å². The van der Waals surface area contributed by atoms with Crippen LogP contribution in [0.4, 0.5) is 5.69 Å². The van der Waals surface area contributed by atoms with E-state index in [1.54, 1.807) is 37.3 Å². The number of hydrogen-bond acceptors (Lipinski definition) is 4. The largest absolute Gasteiger partial charge is 0.497 e. The SMILES string of the molecule is COc1cccc(COC(=O)c2ccccc2N(C)C(=O)C2CC2)c1. The van der Waals surface area contributed by atoms with Crippen LogP contribution in [0.5, 0.6) is 5.75 Å². The average molecular weight is 339 g/mol. The van der Waals surface area contributed by atoms with Crippen LogP contribution < -0.4 is 9.64 Å². The lowest BCUT2D eigenvalue weighted by atomic mass is 10.1. The van der Waals surface area contributed by atoms with Crippen molar-refractivity contribution in [2.45, 2.75) is 19.4 Å². The second-order valence-corrected chi connectivity index (χ2v) is 6.12. The van der Waals surface area contributed by atoms with Gasteiger partial charge >= 0.3 is 5.97 Å². The maximum Gasteiger partial charge on any atom is 0.340 e. The standard InChI is InChI=1S/C20H21NO4/c1-21(19(22)15-10-11-15)18-9-4-3-8-17(18)20(23)25-13-14-6-5-7-16(12-14)24-2/h3-9,12,15H,10-11,13H2,1-2H3. The summed E-state index contributed by atoms with van der Waals surface area (Å²) < 4.78 is 10.6. The minimum Gasteiger partial charge on any atom is -0.497 e. The molecular weight excluding hydrogens is 318 g/mol. The number of nitrogens with zero attached hydrogens (tertiary/aromatic N) is 1. The number of hydrogen-bond donors (Lipinski definition) is 0. The lowest BCUT2D eigenvalue weighted by molar-refractivity contribution is -0.119. The first-order valence-electron chi connectivity index (χ1n) is 8.27. The van der Waals surface area contributed by atoms with Crippen LogP contribution in [0.1, 0.15) is 28.8 Å². The predicted molar refractivity (Wildman–Crippen MR) is 94.7 cm³/mol. The molecule has 25 heavy (non-hydrogen) atoms. The maximum atomic E-state index is 12.5. The van der Waals surface area contributed by atoms with Crippen LogP contribution in [0.15, 0.2) is 48.5 Å². The Labute approximate surface area is 147 Å². The Kier molecular flexibility index (Phi) is 5.03. The summed E-state index contributed by atoms with van der Waals surface area (Å²) in [4.78, 5) is 26.4. The molecule has 1 aliphatic carbocycles. The maximum absolute atomic E-state index is 12.5. The molecule has 1 fully saturated rings. The van der Waals surface area contributed by atoms with Gasteiger partial charge in [-0.2, -0.15) is 0 Å². The molecule has 0 spiro atoms. The van der Waals surface area contributed by atoms with Gasteiger partial charge in [0.15, 0.2) is 0 Å². The number of ether oxygens (including phenoxy) is 2. The van der Waals surface area contributed by atoms with E-state index in [4.69, 9.17) is 9.47 Å². The van der Waals surface area contributed by atoms with Crippen LogP contribution in [-0.2, 0) is 16.1 Å². The summed E-state index contributed by atoms with van der Waals surface area (Å²) in [6, 6.07) is 14.4. The first kappa shape index (κ1) is 17.0. The number of carbonyl (C=O) groups is 2. The van der Waals surface area contributed by atoms with E-state index in [-0.39, 0.29) is 18.4 Å². The van der Waals surface area contributed by atoms with Gasteiger partial charge in [0, 0.05) is 13.0 Å². The lowest BCUT2D eigenvalue weighted by Gasteiger charge is -2.20. The lowest BCUT2D eigenvalue weighted by Crippen LogP contribution is -2.29. The van der Waals surface area contributed by atoms with E-state index in [9.17, 15) is 9.59 Å². The summed E-state index contributed by atoms with van der Waals surface area (Å²) in [6.45, 7) is 0.144. The van der Waals surface area contributed by atoms with Crippen LogP contribution in [-0.4, -0.2) is 26.0 Å². The summed E-state index contributed by atoms with van der Waals surface area (Å²) in [6.07, 6.45) is 1.84. The number of methoxy groups -OCH3 is 1. The number of carbonyl (C=O) groups excluding carboxylic acids is 2. The van der Waals surface area contributed by atoms with E-state index in [2.05, 4.69) is 0 Å². The molecule has 5 heteroatoms. The molecule has 3 rings (SSSR count). The summed E-state index contributed by atoms with van der Waals surface area (Å²) in [5.74, 6) is 0.400. The second kappa shape index (κ2) is 7.38. The first-order chi connectivity index (χ1) is 12.1. The molecule has 0 N–H and O–H groups in total. The van der Waals surface area contributed by atoms with E-state index in [0.717, 1.165) is 18.4 Å². The minimum atomic E-state index is -0.450. The third-order valence-corrected chi connectivity index (χ3v) is 4.25. The zero-order valence-corrected chi connectivity index (χ0v) is 14.4. The fourth-order valence-electron chi connectivity index (χ4n) is 2.65. The van der Waals surface area contributed by atoms with Crippen LogP contribution in [0.25, 0.3) is 0 Å². The van der Waals surface area contributed by atoms with Crippen molar-refractivity contribution in [1.29, 1.82) is 0 Å². The molecule has 0 atom stereocenters. The molecule has 2 aromatic carbocycles. The van der Waals surface area contributed by atoms with Crippen molar-refractivity contribution in [3.8, 4) is 5.75 Å². The van der Waals surface area contributed by atoms with Crippen molar-refractivity contribution in [3.63, 3.8) is 0 Å². The number of anilines is 1. The Bertz CT molecular complexity index is 783. The fourth-order valence-corrected chi connectivity index (χ4v) is 2.65. The zero-order chi connectivity index (χ0) is 17.8. The zero-order valence-electron chi connectivity index (χ0n) is 14.4. The Hall–Kier alpha value is -2.82. The van der Waals surface area contributed by atoms with E-state index in [1.807, 2.05) is 30.3 Å². The summed E-state index contributed by atoms with van der Waals surface area (Å²) in [5.41, 5.74) is 1.81. The van der Waals surface area contributed by atoms with Crippen molar-refractivity contribution in [1.82, 2.24) is 0 Å². The van der Waals surface area contributed by atoms with E-state index >= 15 is 0 Å². The molecule has 0 aromatic heterocycles. The fraction of sp³-hybridized carbons (Fsp3) is 0.300. The molecule has 2 aromatic rings. The number of benzene rings is 2. The Morgan fingerprint density at radius 3 is 2.60 bits per heavy atom. The molecule has 0 radical (unpaired) electrons. The average Bonchev–Trinajstić information content (AvgIpc) is 3.50. The molecule has 1 aliphatic rings. The van der Waals surface area contributed by atoms with Gasteiger partial charge in [-0.3, -0.25) is 4.79 Å². The first-order valence-corrected chi connectivity index (χ1v) is 8.27. The molecule has 0 heterocycles. The normalized spacial score (nSPS) is 13.2. The Morgan fingerprint density at radius 2 is 1.88 bits per heavy atom. The Balaban J connectivity index is 1.72. The van der Waals surface area contributed by atoms with E-state index < -0.39 is 5.97 Å². The van der Waals surface area contributed by atoms with Crippen LogP contribution in [0, 0.1) is 5.92 Å². The summed E-state index contributed by atoms with van der Waals surface area (Å²) in [7, 11) is 3.29. The van der Waals surface area contributed by atoms with E-state index in [1.165, 1.54) is 0 Å². The highest BCUT2D eigenvalue weighted by Crippen LogP contribution is 2.33. The van der Waals surface area contributed by atoms with Crippen LogP contribution in [0.3, 0.4) is 0 Å². The highest BCUT2D eigenvalue weighted by atomic mass is 16.5. The number of para-hydroxylation sites is 1. The van der Waals surface area contributed by atoms with Gasteiger partial charge in [-0.1, -0.05) is 24.3 Å². The molecule has 0 bridgehead atoms. The van der Waals surface area contributed by atoms with Crippen molar-refractivity contribution in [2.75, 3.05) is 19.1 Å². The van der Waals surface area contributed by atoms with Crippen molar-refractivity contribution >= 4 is 17.6 Å². The predicted octanol–water partition coefficient (Wildman–Crippen LogP) is 3.43. The molecule has 0 aliphatic heterocycles. The van der Waals surface area contributed by atoms with Gasteiger partial charge in [0.25, 0.3) is 0 Å². The van der Waals surface area contributed by atoms with Gasteiger partial charge in [-0.05, 0) is 42.7 Å². The van der Waals surface area contributed by atoms with Crippen molar-refractivity contribution < 1.29 is 19.1 Å². The Morgan fingerprint density at radius 1 is 1.12 bits per heavy atom. The second-order valence-electron chi connectivity index (χ2n) is 6.12. The monoisotopic (exact) mass is 339 g/mol. The smallest absolute Gasteiger partial charge is 0.340 e. The summed E-state index contributed by atoms with van der Waals surface area (Å²) in [5, 5.41) is 0. The van der Waals surface area contributed by atoms with E-state index in [0.29, 0.717) is 17.0 Å². The van der Waals surface area contributed by atoms with Gasteiger partial charge in [0.2, 0.25) is 5.91 Å². The van der Waals surface area contributed by atoms with Crippen LogP contribution in [0.2, 0.25) is 0 Å². The highest BCUT2D eigenvalue weighted by molar-refractivity contribution is 6.03. The molecule has 1 amide bonds. The molecule has 5 nitrogen and oxygen atoms in total. The highest BCUT2D eigenvalue weighted by Gasteiger charge is 2.33. The number of amides is 1. The van der Waals surface area contributed by atoms with Gasteiger partial charge in [0.05, 0.1) is 18.4 Å². The molecule has 1 saturated carbocycles. The van der Waals surface area contributed by atoms with Crippen LogP contribution >= 0.6 is 0 Å². The topological polar surface area (TPSA) is 55.8 Å². The van der Waals surface area contributed by atoms with Gasteiger partial charge < -0.3 is 14.4 Å². The quantitative estimate of drug-likeness (QED) is 0.757. The van der Waals surface area contributed by atoms with Gasteiger partial charge in [-0.15, -0.1) is 0 Å². The van der Waals surface area contributed by atoms with Gasteiger partial charge in [-0.25, -0.2) is 4.79 Å². The third kappa shape index (κ3) is 3.99. The number of rotatable bonds is 6. The van der Waals surface area contributed by atoms with Gasteiger partial charge in [0.1, 0.15) is 12.4 Å². The molecule has 0 unspecified atom stereocenters. The van der Waals surface area contributed by atoms with Crippen molar-refractivity contribution in [2.24, 2.45) is 5.92 Å². The minimum absolute atomic E-state index is 0.0491.